The number of hydrogen-bond acceptors (Lipinski definition) is 3. The van der Waals surface area contributed by atoms with E-state index >= 15 is 0 Å². The number of ether oxygens (including phenoxy) is 1. The van der Waals surface area contributed by atoms with E-state index in [1.807, 2.05) is 37.4 Å². The molecule has 0 unspecified atom stereocenters. The van der Waals surface area contributed by atoms with Crippen molar-refractivity contribution in [3.05, 3.63) is 35.9 Å². The van der Waals surface area contributed by atoms with Gasteiger partial charge in [-0.1, -0.05) is 30.3 Å². The number of likely N-dealkylation sites (N-methyl/N-ethyl adjacent to an activating group) is 1. The van der Waals surface area contributed by atoms with E-state index < -0.39 is 6.10 Å². The van der Waals surface area contributed by atoms with Crippen molar-refractivity contribution in [2.24, 2.45) is 0 Å². The molecule has 0 aliphatic rings. The second kappa shape index (κ2) is 7.92. The Morgan fingerprint density at radius 3 is 2.47 bits per heavy atom. The molecular weight excluding hydrogens is 240 g/mol. The predicted molar refractivity (Wildman–Crippen MR) is 77.0 cm³/mol. The molecule has 0 heterocycles. The normalized spacial score (nSPS) is 12.7. The van der Waals surface area contributed by atoms with E-state index in [0.717, 1.165) is 12.1 Å². The molecule has 0 aliphatic carbocycles. The molecule has 19 heavy (non-hydrogen) atoms. The third kappa shape index (κ3) is 5.01. The third-order valence-electron chi connectivity index (χ3n) is 3.22. The molecule has 1 N–H and O–H groups in total. The third-order valence-corrected chi connectivity index (χ3v) is 3.22. The summed E-state index contributed by atoms with van der Waals surface area (Å²) in [5.41, 5.74) is 0.875. The van der Waals surface area contributed by atoms with E-state index in [2.05, 4.69) is 24.1 Å². The topological polar surface area (TPSA) is 41.6 Å². The average molecular weight is 264 g/mol. The molecule has 1 aromatic carbocycles. The molecule has 0 spiro atoms. The van der Waals surface area contributed by atoms with E-state index in [0.29, 0.717) is 12.6 Å². The van der Waals surface area contributed by atoms with Crippen LogP contribution in [0.4, 0.5) is 0 Å². The van der Waals surface area contributed by atoms with Crippen LogP contribution in [0.3, 0.4) is 0 Å². The predicted octanol–water partition coefficient (Wildman–Crippen LogP) is 1.83. The highest BCUT2D eigenvalue weighted by atomic mass is 16.5. The largest absolute Gasteiger partial charge is 0.367 e. The molecule has 0 saturated carbocycles. The first-order valence-electron chi connectivity index (χ1n) is 6.62. The number of rotatable bonds is 7. The molecule has 1 atom stereocenters. The van der Waals surface area contributed by atoms with Gasteiger partial charge in [0.2, 0.25) is 0 Å². The zero-order chi connectivity index (χ0) is 14.3. The van der Waals surface area contributed by atoms with Gasteiger partial charge in [-0.25, -0.2) is 0 Å². The number of carbonyl (C=O) groups excluding carboxylic acids is 1. The lowest BCUT2D eigenvalue weighted by Crippen LogP contribution is -2.38. The minimum atomic E-state index is -0.537. The Balaban J connectivity index is 2.47. The van der Waals surface area contributed by atoms with Crippen LogP contribution in [0.2, 0.25) is 0 Å². The maximum atomic E-state index is 12.1. The summed E-state index contributed by atoms with van der Waals surface area (Å²) >= 11 is 0. The Labute approximate surface area is 115 Å². The van der Waals surface area contributed by atoms with Gasteiger partial charge >= 0.3 is 0 Å². The van der Waals surface area contributed by atoms with Gasteiger partial charge in [-0.05, 0) is 26.5 Å². The lowest BCUT2D eigenvalue weighted by atomic mass is 10.1. The SMILES string of the molecule is CO[C@@H](C(=O)NCCN(C)C(C)C)c1ccccc1. The second-order valence-electron chi connectivity index (χ2n) is 4.89. The molecule has 0 radical (unpaired) electrons. The quantitative estimate of drug-likeness (QED) is 0.817. The molecule has 0 saturated heterocycles. The maximum Gasteiger partial charge on any atom is 0.253 e. The summed E-state index contributed by atoms with van der Waals surface area (Å²) in [5.74, 6) is -0.0918. The zero-order valence-electron chi connectivity index (χ0n) is 12.2. The summed E-state index contributed by atoms with van der Waals surface area (Å²) in [6, 6.07) is 10.0. The molecule has 106 valence electrons. The van der Waals surface area contributed by atoms with Crippen LogP contribution in [0.15, 0.2) is 30.3 Å². The minimum absolute atomic E-state index is 0.0918. The van der Waals surface area contributed by atoms with Crippen LogP contribution in [0.5, 0.6) is 0 Å². The second-order valence-corrected chi connectivity index (χ2v) is 4.89. The highest BCUT2D eigenvalue weighted by Crippen LogP contribution is 2.15. The number of methoxy groups -OCH3 is 1. The molecule has 4 heteroatoms. The molecule has 0 aliphatic heterocycles. The lowest BCUT2D eigenvalue weighted by Gasteiger charge is -2.22. The molecular formula is C15H24N2O2. The number of nitrogens with one attached hydrogen (secondary N) is 1. The van der Waals surface area contributed by atoms with Crippen LogP contribution >= 0.6 is 0 Å². The summed E-state index contributed by atoms with van der Waals surface area (Å²) < 4.78 is 5.28. The monoisotopic (exact) mass is 264 g/mol. The molecule has 1 aromatic rings. The van der Waals surface area contributed by atoms with E-state index in [4.69, 9.17) is 4.74 Å². The van der Waals surface area contributed by atoms with Gasteiger partial charge in [0, 0.05) is 26.2 Å². The Hall–Kier alpha value is -1.39. The Kier molecular flexibility index (Phi) is 6.53. The van der Waals surface area contributed by atoms with Gasteiger partial charge in [0.25, 0.3) is 5.91 Å². The van der Waals surface area contributed by atoms with Crippen molar-refractivity contribution in [3.63, 3.8) is 0 Å². The fourth-order valence-electron chi connectivity index (χ4n) is 1.73. The van der Waals surface area contributed by atoms with Crippen molar-refractivity contribution in [3.8, 4) is 0 Å². The standard InChI is InChI=1S/C15H24N2O2/c1-12(2)17(3)11-10-16-15(18)14(19-4)13-8-6-5-7-9-13/h5-9,12,14H,10-11H2,1-4H3,(H,16,18)/t14-/m1/s1. The van der Waals surface area contributed by atoms with Crippen molar-refractivity contribution >= 4 is 5.91 Å². The first kappa shape index (κ1) is 15.7. The molecule has 0 bridgehead atoms. The van der Waals surface area contributed by atoms with Crippen molar-refractivity contribution < 1.29 is 9.53 Å². The highest BCUT2D eigenvalue weighted by Gasteiger charge is 2.19. The van der Waals surface area contributed by atoms with Gasteiger partial charge in [0.05, 0.1) is 0 Å². The molecule has 4 nitrogen and oxygen atoms in total. The lowest BCUT2D eigenvalue weighted by molar-refractivity contribution is -0.131. The zero-order valence-corrected chi connectivity index (χ0v) is 12.2. The molecule has 1 amide bonds. The summed E-state index contributed by atoms with van der Waals surface area (Å²) in [7, 11) is 3.60. The van der Waals surface area contributed by atoms with E-state index in [1.165, 1.54) is 0 Å². The van der Waals surface area contributed by atoms with Gasteiger partial charge < -0.3 is 15.0 Å². The summed E-state index contributed by atoms with van der Waals surface area (Å²) in [5, 5.41) is 2.91. The number of nitrogens with zero attached hydrogens (tertiary/aromatic N) is 1. The summed E-state index contributed by atoms with van der Waals surface area (Å²) in [6.07, 6.45) is -0.537. The fraction of sp³-hybridized carbons (Fsp3) is 0.533. The van der Waals surface area contributed by atoms with Gasteiger partial charge in [0.1, 0.15) is 0 Å². The van der Waals surface area contributed by atoms with Crippen LogP contribution in [0.1, 0.15) is 25.5 Å². The van der Waals surface area contributed by atoms with Crippen LogP contribution in [-0.2, 0) is 9.53 Å². The van der Waals surface area contributed by atoms with E-state index in [1.54, 1.807) is 7.11 Å². The van der Waals surface area contributed by atoms with Gasteiger partial charge in [0.15, 0.2) is 6.10 Å². The number of hydrogen-bond donors (Lipinski definition) is 1. The van der Waals surface area contributed by atoms with Crippen molar-refractivity contribution in [1.29, 1.82) is 0 Å². The van der Waals surface area contributed by atoms with Gasteiger partial charge in [-0.15, -0.1) is 0 Å². The maximum absolute atomic E-state index is 12.1. The van der Waals surface area contributed by atoms with Crippen molar-refractivity contribution in [2.75, 3.05) is 27.2 Å². The summed E-state index contributed by atoms with van der Waals surface area (Å²) in [6.45, 7) is 5.71. The van der Waals surface area contributed by atoms with Crippen LogP contribution in [0.25, 0.3) is 0 Å². The molecule has 0 aromatic heterocycles. The van der Waals surface area contributed by atoms with Crippen LogP contribution in [0, 0.1) is 0 Å². The molecule has 0 fully saturated rings. The number of benzene rings is 1. The average Bonchev–Trinajstić information content (AvgIpc) is 2.40. The Morgan fingerprint density at radius 2 is 1.95 bits per heavy atom. The molecule has 1 rings (SSSR count). The highest BCUT2D eigenvalue weighted by molar-refractivity contribution is 5.82. The fourth-order valence-corrected chi connectivity index (χ4v) is 1.73. The van der Waals surface area contributed by atoms with E-state index in [-0.39, 0.29) is 5.91 Å². The number of carbonyl (C=O) groups is 1. The minimum Gasteiger partial charge on any atom is -0.367 e. The Bertz CT molecular complexity index is 379. The van der Waals surface area contributed by atoms with Crippen molar-refractivity contribution in [1.82, 2.24) is 10.2 Å². The van der Waals surface area contributed by atoms with Crippen LogP contribution in [-0.4, -0.2) is 44.1 Å². The first-order chi connectivity index (χ1) is 9.06. The first-order valence-corrected chi connectivity index (χ1v) is 6.62. The van der Waals surface area contributed by atoms with Gasteiger partial charge in [-0.2, -0.15) is 0 Å². The smallest absolute Gasteiger partial charge is 0.253 e. The van der Waals surface area contributed by atoms with Crippen molar-refractivity contribution in [2.45, 2.75) is 26.0 Å². The van der Waals surface area contributed by atoms with Gasteiger partial charge in [-0.3, -0.25) is 4.79 Å². The van der Waals surface area contributed by atoms with E-state index in [9.17, 15) is 4.79 Å². The van der Waals surface area contributed by atoms with Crippen LogP contribution < -0.4 is 5.32 Å². The summed E-state index contributed by atoms with van der Waals surface area (Å²) in [4.78, 5) is 14.3. The Morgan fingerprint density at radius 1 is 1.32 bits per heavy atom. The number of amides is 1.